The Bertz CT molecular complexity index is 613. The molecule has 0 aliphatic rings. The molecule has 0 aliphatic carbocycles. The fraction of sp³-hybridized carbons (Fsp3) is 0.333. The highest BCUT2D eigenvalue weighted by atomic mass is 16.5. The molecule has 0 spiro atoms. The zero-order valence-electron chi connectivity index (χ0n) is 11.7. The smallest absolute Gasteiger partial charge is 0.253 e. The Morgan fingerprint density at radius 1 is 1.40 bits per heavy atom. The van der Waals surface area contributed by atoms with Gasteiger partial charge in [0, 0.05) is 24.7 Å². The van der Waals surface area contributed by atoms with E-state index < -0.39 is 0 Å². The fourth-order valence-corrected chi connectivity index (χ4v) is 2.07. The first-order valence-corrected chi connectivity index (χ1v) is 6.66. The Balaban J connectivity index is 2.20. The molecular formula is C15H19N3O2. The van der Waals surface area contributed by atoms with Crippen LogP contribution in [0, 0.1) is 0 Å². The summed E-state index contributed by atoms with van der Waals surface area (Å²) in [7, 11) is 0. The summed E-state index contributed by atoms with van der Waals surface area (Å²) in [5.41, 5.74) is 6.35. The number of ether oxygens (including phenoxy) is 1. The van der Waals surface area contributed by atoms with Crippen molar-refractivity contribution in [2.45, 2.75) is 20.0 Å². The van der Waals surface area contributed by atoms with Crippen LogP contribution in [-0.2, 0) is 4.74 Å². The zero-order valence-corrected chi connectivity index (χ0v) is 11.7. The van der Waals surface area contributed by atoms with E-state index in [9.17, 15) is 4.79 Å². The van der Waals surface area contributed by atoms with E-state index in [1.807, 2.05) is 38.1 Å². The molecule has 0 fully saturated rings. The van der Waals surface area contributed by atoms with Crippen LogP contribution in [0.5, 0.6) is 0 Å². The first kappa shape index (κ1) is 14.3. The van der Waals surface area contributed by atoms with Crippen LogP contribution in [0.2, 0.25) is 0 Å². The van der Waals surface area contributed by atoms with Crippen molar-refractivity contribution < 1.29 is 9.53 Å². The van der Waals surface area contributed by atoms with Gasteiger partial charge in [-0.25, -0.2) is 4.98 Å². The van der Waals surface area contributed by atoms with Gasteiger partial charge >= 0.3 is 0 Å². The standard InChI is InChI=1S/C15H19N3O2/c1-3-20-10(2)8-18-15(19)13-9-17-14(16)12-7-5-4-6-11(12)13/h4-7,9-10H,3,8H2,1-2H3,(H2,16,17)(H,18,19). The molecule has 3 N–H and O–H groups in total. The van der Waals surface area contributed by atoms with Crippen molar-refractivity contribution in [2.24, 2.45) is 0 Å². The molecule has 106 valence electrons. The molecule has 1 atom stereocenters. The van der Waals surface area contributed by atoms with Crippen molar-refractivity contribution in [1.29, 1.82) is 0 Å². The number of carbonyl (C=O) groups excluding carboxylic acids is 1. The van der Waals surface area contributed by atoms with Crippen LogP contribution >= 0.6 is 0 Å². The number of carbonyl (C=O) groups is 1. The summed E-state index contributed by atoms with van der Waals surface area (Å²) in [6, 6.07) is 7.48. The highest BCUT2D eigenvalue weighted by Gasteiger charge is 2.13. The Morgan fingerprint density at radius 2 is 2.10 bits per heavy atom. The zero-order chi connectivity index (χ0) is 14.5. The van der Waals surface area contributed by atoms with Gasteiger partial charge in [0.2, 0.25) is 0 Å². The van der Waals surface area contributed by atoms with E-state index in [-0.39, 0.29) is 12.0 Å². The van der Waals surface area contributed by atoms with E-state index in [0.717, 1.165) is 10.8 Å². The molecule has 1 heterocycles. The topological polar surface area (TPSA) is 77.2 Å². The van der Waals surface area contributed by atoms with Crippen molar-refractivity contribution in [3.8, 4) is 0 Å². The van der Waals surface area contributed by atoms with Crippen molar-refractivity contribution in [3.05, 3.63) is 36.0 Å². The summed E-state index contributed by atoms with van der Waals surface area (Å²) in [6.45, 7) is 4.94. The highest BCUT2D eigenvalue weighted by Crippen LogP contribution is 2.22. The molecule has 1 aromatic heterocycles. The quantitative estimate of drug-likeness (QED) is 0.873. The molecule has 0 aliphatic heterocycles. The number of hydrogen-bond donors (Lipinski definition) is 2. The molecule has 0 saturated carbocycles. The number of amides is 1. The predicted octanol–water partition coefficient (Wildman–Crippen LogP) is 1.97. The third kappa shape index (κ3) is 3.05. The van der Waals surface area contributed by atoms with Crippen LogP contribution in [0.3, 0.4) is 0 Å². The Morgan fingerprint density at radius 3 is 2.80 bits per heavy atom. The lowest BCUT2D eigenvalue weighted by atomic mass is 10.1. The molecule has 2 rings (SSSR count). The second kappa shape index (κ2) is 6.34. The molecule has 0 radical (unpaired) electrons. The lowest BCUT2D eigenvalue weighted by molar-refractivity contribution is 0.0695. The van der Waals surface area contributed by atoms with Gasteiger partial charge in [-0.1, -0.05) is 24.3 Å². The molecule has 1 unspecified atom stereocenters. The normalized spacial score (nSPS) is 12.3. The third-order valence-electron chi connectivity index (χ3n) is 3.07. The summed E-state index contributed by atoms with van der Waals surface area (Å²) in [5.74, 6) is 0.264. The van der Waals surface area contributed by atoms with E-state index in [1.54, 1.807) is 0 Å². The summed E-state index contributed by atoms with van der Waals surface area (Å²) >= 11 is 0. The maximum absolute atomic E-state index is 12.2. The number of hydrogen-bond acceptors (Lipinski definition) is 4. The molecule has 20 heavy (non-hydrogen) atoms. The number of nitrogen functional groups attached to an aromatic ring is 1. The first-order chi connectivity index (χ1) is 9.63. The largest absolute Gasteiger partial charge is 0.383 e. The van der Waals surface area contributed by atoms with Gasteiger partial charge in [-0.3, -0.25) is 4.79 Å². The first-order valence-electron chi connectivity index (χ1n) is 6.66. The second-order valence-corrected chi connectivity index (χ2v) is 4.58. The number of fused-ring (bicyclic) bond motifs is 1. The number of rotatable bonds is 5. The van der Waals surface area contributed by atoms with E-state index in [0.29, 0.717) is 24.5 Å². The summed E-state index contributed by atoms with van der Waals surface area (Å²) in [5, 5.41) is 4.45. The van der Waals surface area contributed by atoms with Crippen molar-refractivity contribution >= 4 is 22.5 Å². The van der Waals surface area contributed by atoms with Gasteiger partial charge in [-0.05, 0) is 19.2 Å². The number of nitrogens with one attached hydrogen (secondary N) is 1. The second-order valence-electron chi connectivity index (χ2n) is 4.58. The lowest BCUT2D eigenvalue weighted by Gasteiger charge is -2.13. The van der Waals surface area contributed by atoms with Gasteiger partial charge in [-0.15, -0.1) is 0 Å². The van der Waals surface area contributed by atoms with Gasteiger partial charge in [0.15, 0.2) is 0 Å². The van der Waals surface area contributed by atoms with Gasteiger partial charge in [0.05, 0.1) is 11.7 Å². The molecular weight excluding hydrogens is 254 g/mol. The molecule has 0 saturated heterocycles. The minimum absolute atomic E-state index is 0.0167. The van der Waals surface area contributed by atoms with E-state index in [1.165, 1.54) is 6.20 Å². The van der Waals surface area contributed by atoms with Gasteiger partial charge in [0.25, 0.3) is 5.91 Å². The number of nitrogens with zero attached hydrogens (tertiary/aromatic N) is 1. The monoisotopic (exact) mass is 273 g/mol. The maximum atomic E-state index is 12.2. The average molecular weight is 273 g/mol. The van der Waals surface area contributed by atoms with Crippen LogP contribution in [0.1, 0.15) is 24.2 Å². The minimum Gasteiger partial charge on any atom is -0.383 e. The van der Waals surface area contributed by atoms with Gasteiger partial charge in [-0.2, -0.15) is 0 Å². The lowest BCUT2D eigenvalue weighted by Crippen LogP contribution is -2.32. The average Bonchev–Trinajstić information content (AvgIpc) is 2.46. The number of pyridine rings is 1. The van der Waals surface area contributed by atoms with Gasteiger partial charge < -0.3 is 15.8 Å². The van der Waals surface area contributed by atoms with Crippen LogP contribution in [0.25, 0.3) is 10.8 Å². The predicted molar refractivity (Wildman–Crippen MR) is 79.6 cm³/mol. The van der Waals surface area contributed by atoms with E-state index in [2.05, 4.69) is 10.3 Å². The molecule has 1 amide bonds. The van der Waals surface area contributed by atoms with Crippen molar-refractivity contribution in [3.63, 3.8) is 0 Å². The third-order valence-corrected chi connectivity index (χ3v) is 3.07. The highest BCUT2D eigenvalue weighted by molar-refractivity contribution is 6.08. The number of anilines is 1. The maximum Gasteiger partial charge on any atom is 0.253 e. The number of aromatic nitrogens is 1. The Labute approximate surface area is 118 Å². The molecule has 5 heteroatoms. The van der Waals surface area contributed by atoms with Gasteiger partial charge in [0.1, 0.15) is 5.82 Å². The Kier molecular flexibility index (Phi) is 4.53. The SMILES string of the molecule is CCOC(C)CNC(=O)c1cnc(N)c2ccccc12. The number of benzene rings is 1. The molecule has 0 bridgehead atoms. The van der Waals surface area contributed by atoms with E-state index in [4.69, 9.17) is 10.5 Å². The van der Waals surface area contributed by atoms with Crippen LogP contribution < -0.4 is 11.1 Å². The molecule has 1 aromatic carbocycles. The number of nitrogens with two attached hydrogens (primary N) is 1. The fourth-order valence-electron chi connectivity index (χ4n) is 2.07. The van der Waals surface area contributed by atoms with E-state index >= 15 is 0 Å². The summed E-state index contributed by atoms with van der Waals surface area (Å²) < 4.78 is 5.38. The molecule has 2 aromatic rings. The minimum atomic E-state index is -0.166. The van der Waals surface area contributed by atoms with Crippen LogP contribution in [-0.4, -0.2) is 30.1 Å². The van der Waals surface area contributed by atoms with Crippen LogP contribution in [0.4, 0.5) is 5.82 Å². The van der Waals surface area contributed by atoms with Crippen molar-refractivity contribution in [1.82, 2.24) is 10.3 Å². The summed E-state index contributed by atoms with van der Waals surface area (Å²) in [4.78, 5) is 16.3. The van der Waals surface area contributed by atoms with Crippen LogP contribution in [0.15, 0.2) is 30.5 Å². The Hall–Kier alpha value is -2.14. The summed E-state index contributed by atoms with van der Waals surface area (Å²) in [6.07, 6.45) is 1.50. The van der Waals surface area contributed by atoms with Crippen molar-refractivity contribution in [2.75, 3.05) is 18.9 Å². The molecule has 5 nitrogen and oxygen atoms in total.